The van der Waals surface area contributed by atoms with Crippen LogP contribution >= 0.6 is 38.5 Å². The maximum Gasteiger partial charge on any atom is 0.120 e. The molecule has 2 aromatic rings. The van der Waals surface area contributed by atoms with Crippen molar-refractivity contribution in [1.82, 2.24) is 4.98 Å². The Labute approximate surface area is 117 Å². The minimum atomic E-state index is 0.680. The van der Waals surface area contributed by atoms with E-state index in [-0.39, 0.29) is 0 Å². The molecule has 16 heavy (non-hydrogen) atoms. The summed E-state index contributed by atoms with van der Waals surface area (Å²) in [4.78, 5) is 4.54. The van der Waals surface area contributed by atoms with Crippen LogP contribution in [-0.4, -0.2) is 11.6 Å². The second-order valence-corrected chi connectivity index (χ2v) is 5.31. The van der Waals surface area contributed by atoms with E-state index in [1.807, 2.05) is 32.0 Å². The van der Waals surface area contributed by atoms with E-state index in [0.29, 0.717) is 6.61 Å². The van der Waals surface area contributed by atoms with Crippen molar-refractivity contribution in [2.45, 2.75) is 13.8 Å². The number of ether oxygens (including phenoxy) is 1. The van der Waals surface area contributed by atoms with Gasteiger partial charge in [0, 0.05) is 13.4 Å². The predicted molar refractivity (Wildman–Crippen MR) is 78.1 cm³/mol. The lowest BCUT2D eigenvalue weighted by Gasteiger charge is -2.08. The maximum atomic E-state index is 5.49. The molecule has 1 heterocycles. The Kier molecular flexibility index (Phi) is 3.69. The Hall–Kier alpha value is -0.360. The van der Waals surface area contributed by atoms with Crippen molar-refractivity contribution in [3.05, 3.63) is 31.9 Å². The van der Waals surface area contributed by atoms with Gasteiger partial charge in [-0.15, -0.1) is 0 Å². The average molecular weight is 392 g/mol. The van der Waals surface area contributed by atoms with Gasteiger partial charge in [-0.3, -0.25) is 4.98 Å². The molecule has 0 amide bonds. The quantitative estimate of drug-likeness (QED) is 0.711. The number of nitrogens with zero attached hydrogens (tertiary/aromatic N) is 1. The van der Waals surface area contributed by atoms with Gasteiger partial charge in [-0.2, -0.15) is 0 Å². The van der Waals surface area contributed by atoms with Crippen molar-refractivity contribution in [1.29, 1.82) is 0 Å². The second kappa shape index (κ2) is 4.87. The van der Waals surface area contributed by atoms with E-state index in [0.717, 1.165) is 30.4 Å². The van der Waals surface area contributed by atoms with E-state index in [9.17, 15) is 0 Å². The Bertz CT molecular complexity index is 542. The van der Waals surface area contributed by atoms with E-state index in [1.54, 1.807) is 0 Å². The fraction of sp³-hybridized carbons (Fsp3) is 0.250. The minimum Gasteiger partial charge on any atom is -0.494 e. The van der Waals surface area contributed by atoms with Crippen LogP contribution in [0, 0.1) is 10.5 Å². The molecule has 0 aliphatic rings. The third kappa shape index (κ3) is 2.18. The molecule has 2 rings (SSSR count). The van der Waals surface area contributed by atoms with Gasteiger partial charge in [-0.25, -0.2) is 0 Å². The van der Waals surface area contributed by atoms with Gasteiger partial charge in [0.1, 0.15) is 5.75 Å². The molecule has 0 fully saturated rings. The highest BCUT2D eigenvalue weighted by Gasteiger charge is 2.08. The molecule has 0 N–H and O–H groups in total. The van der Waals surface area contributed by atoms with Crippen LogP contribution in [0.2, 0.25) is 0 Å². The lowest BCUT2D eigenvalue weighted by Crippen LogP contribution is -1.94. The number of benzene rings is 1. The lowest BCUT2D eigenvalue weighted by atomic mass is 10.2. The highest BCUT2D eigenvalue weighted by Crippen LogP contribution is 2.31. The first-order valence-electron chi connectivity index (χ1n) is 5.01. The molecule has 0 aliphatic carbocycles. The first-order chi connectivity index (χ1) is 7.63. The predicted octanol–water partition coefficient (Wildman–Crippen LogP) is 4.31. The Morgan fingerprint density at radius 3 is 2.88 bits per heavy atom. The van der Waals surface area contributed by atoms with Gasteiger partial charge in [-0.05, 0) is 70.6 Å². The molecule has 1 aromatic heterocycles. The second-order valence-electron chi connectivity index (χ2n) is 3.44. The zero-order chi connectivity index (χ0) is 11.7. The van der Waals surface area contributed by atoms with E-state index >= 15 is 0 Å². The topological polar surface area (TPSA) is 22.1 Å². The molecule has 0 bridgehead atoms. The van der Waals surface area contributed by atoms with E-state index in [4.69, 9.17) is 4.74 Å². The van der Waals surface area contributed by atoms with Gasteiger partial charge in [0.05, 0.1) is 17.8 Å². The van der Waals surface area contributed by atoms with Crippen molar-refractivity contribution in [3.63, 3.8) is 0 Å². The van der Waals surface area contributed by atoms with Gasteiger partial charge in [0.15, 0.2) is 0 Å². The van der Waals surface area contributed by atoms with Crippen LogP contribution in [0.15, 0.2) is 22.7 Å². The molecule has 0 aliphatic heterocycles. The first kappa shape index (κ1) is 12.1. The van der Waals surface area contributed by atoms with Gasteiger partial charge in [-0.1, -0.05) is 0 Å². The molecule has 2 nitrogen and oxygen atoms in total. The number of pyridine rings is 1. The number of fused-ring (bicyclic) bond motifs is 1. The molecule has 0 spiro atoms. The van der Waals surface area contributed by atoms with E-state index in [2.05, 4.69) is 43.5 Å². The number of aromatic nitrogens is 1. The summed E-state index contributed by atoms with van der Waals surface area (Å²) >= 11 is 5.91. The number of hydrogen-bond acceptors (Lipinski definition) is 2. The summed E-state index contributed by atoms with van der Waals surface area (Å²) in [6, 6.07) is 5.98. The van der Waals surface area contributed by atoms with Gasteiger partial charge in [0.25, 0.3) is 0 Å². The smallest absolute Gasteiger partial charge is 0.120 e. The molecule has 4 heteroatoms. The number of rotatable bonds is 2. The van der Waals surface area contributed by atoms with E-state index < -0.39 is 0 Å². The van der Waals surface area contributed by atoms with Gasteiger partial charge >= 0.3 is 0 Å². The van der Waals surface area contributed by atoms with Gasteiger partial charge in [0.2, 0.25) is 0 Å². The summed E-state index contributed by atoms with van der Waals surface area (Å²) < 4.78 is 7.73. The fourth-order valence-corrected chi connectivity index (χ4v) is 2.57. The van der Waals surface area contributed by atoms with Crippen LogP contribution in [-0.2, 0) is 0 Å². The third-order valence-corrected chi connectivity index (χ3v) is 5.20. The first-order valence-corrected chi connectivity index (χ1v) is 6.88. The van der Waals surface area contributed by atoms with Crippen LogP contribution in [0.25, 0.3) is 10.9 Å². The highest BCUT2D eigenvalue weighted by molar-refractivity contribution is 14.1. The van der Waals surface area contributed by atoms with Crippen LogP contribution in [0.4, 0.5) is 0 Å². The van der Waals surface area contributed by atoms with Crippen LogP contribution in [0.5, 0.6) is 5.75 Å². The largest absolute Gasteiger partial charge is 0.494 e. The molecule has 0 saturated carbocycles. The van der Waals surface area contributed by atoms with Crippen molar-refractivity contribution < 1.29 is 4.74 Å². The molecule has 84 valence electrons. The third-order valence-electron chi connectivity index (χ3n) is 2.31. The summed E-state index contributed by atoms with van der Waals surface area (Å²) in [5.41, 5.74) is 2.04. The van der Waals surface area contributed by atoms with Crippen LogP contribution in [0.1, 0.15) is 12.6 Å². The van der Waals surface area contributed by atoms with Gasteiger partial charge < -0.3 is 4.74 Å². The Balaban J connectivity index is 2.68. The van der Waals surface area contributed by atoms with Crippen molar-refractivity contribution >= 4 is 49.4 Å². The van der Waals surface area contributed by atoms with Crippen LogP contribution in [0.3, 0.4) is 0 Å². The zero-order valence-corrected chi connectivity index (χ0v) is 12.8. The molecular formula is C12H11BrINO. The summed E-state index contributed by atoms with van der Waals surface area (Å²) in [5.74, 6) is 0.886. The molecule has 0 radical (unpaired) electrons. The highest BCUT2D eigenvalue weighted by atomic mass is 127. The molecule has 1 aromatic carbocycles. The van der Waals surface area contributed by atoms with Crippen molar-refractivity contribution in [3.8, 4) is 5.75 Å². The summed E-state index contributed by atoms with van der Waals surface area (Å²) in [7, 11) is 0. The summed E-state index contributed by atoms with van der Waals surface area (Å²) in [6.07, 6.45) is 0. The normalized spacial score (nSPS) is 10.8. The molecule has 0 unspecified atom stereocenters. The summed E-state index contributed by atoms with van der Waals surface area (Å²) in [6.45, 7) is 4.68. The van der Waals surface area contributed by atoms with E-state index in [1.165, 1.54) is 0 Å². The van der Waals surface area contributed by atoms with Crippen LogP contribution < -0.4 is 4.74 Å². The summed E-state index contributed by atoms with van der Waals surface area (Å²) in [5, 5.41) is 1.10. The Morgan fingerprint density at radius 1 is 1.44 bits per heavy atom. The molecular weight excluding hydrogens is 381 g/mol. The maximum absolute atomic E-state index is 5.49. The number of hydrogen-bond donors (Lipinski definition) is 0. The number of halogens is 2. The molecule has 0 saturated heterocycles. The zero-order valence-electron chi connectivity index (χ0n) is 9.05. The minimum absolute atomic E-state index is 0.680. The van der Waals surface area contributed by atoms with Crippen molar-refractivity contribution in [2.24, 2.45) is 0 Å². The fourth-order valence-electron chi connectivity index (χ4n) is 1.55. The lowest BCUT2D eigenvalue weighted by molar-refractivity contribution is 0.340. The SMILES string of the molecule is CCOc1ccc2nc(C)c(I)c(Br)c2c1. The monoisotopic (exact) mass is 391 g/mol. The number of aryl methyl sites for hydroxylation is 1. The molecule has 0 atom stereocenters. The average Bonchev–Trinajstić information content (AvgIpc) is 2.28. The standard InChI is InChI=1S/C12H11BrINO/c1-3-16-8-4-5-10-9(6-8)11(13)12(14)7(2)15-10/h4-6H,3H2,1-2H3. The Morgan fingerprint density at radius 2 is 2.19 bits per heavy atom. The van der Waals surface area contributed by atoms with Crippen molar-refractivity contribution in [2.75, 3.05) is 6.61 Å².